The van der Waals surface area contributed by atoms with Gasteiger partial charge in [0.1, 0.15) is 0 Å². The molecule has 1 N–H and O–H groups in total. The first-order valence-electron chi connectivity index (χ1n) is 5.25. The molecule has 16 heavy (non-hydrogen) atoms. The fraction of sp³-hybridized carbons (Fsp3) is 1.00. The standard InChI is InChI=1S/C9H18ClNO4S/c1-14-6-8(10)5-11-16(12,13)7-9-3-2-4-15-9/h8-9,11H,2-7H2,1H3. The molecule has 2 atom stereocenters. The molecule has 0 amide bonds. The first-order chi connectivity index (χ1) is 7.53. The molecule has 1 fully saturated rings. The van der Waals surface area contributed by atoms with Crippen molar-refractivity contribution in [1.82, 2.24) is 4.72 Å². The molecular weight excluding hydrogens is 254 g/mol. The normalized spacial score (nSPS) is 23.5. The van der Waals surface area contributed by atoms with Crippen molar-refractivity contribution < 1.29 is 17.9 Å². The Hall–Kier alpha value is 0.120. The van der Waals surface area contributed by atoms with E-state index in [0.29, 0.717) is 13.2 Å². The van der Waals surface area contributed by atoms with Crippen LogP contribution in [-0.2, 0) is 19.5 Å². The van der Waals surface area contributed by atoms with E-state index in [9.17, 15) is 8.42 Å². The third-order valence-electron chi connectivity index (χ3n) is 2.30. The van der Waals surface area contributed by atoms with Gasteiger partial charge in [-0.25, -0.2) is 13.1 Å². The van der Waals surface area contributed by atoms with Crippen LogP contribution in [0.5, 0.6) is 0 Å². The van der Waals surface area contributed by atoms with Crippen LogP contribution in [-0.4, -0.2) is 52.5 Å². The second-order valence-electron chi connectivity index (χ2n) is 3.82. The van der Waals surface area contributed by atoms with E-state index in [1.54, 1.807) is 0 Å². The molecular formula is C9H18ClNO4S. The van der Waals surface area contributed by atoms with Crippen molar-refractivity contribution in [3.05, 3.63) is 0 Å². The maximum absolute atomic E-state index is 11.6. The number of nitrogens with one attached hydrogen (secondary N) is 1. The molecule has 1 aliphatic rings. The molecule has 7 heteroatoms. The molecule has 1 saturated heterocycles. The van der Waals surface area contributed by atoms with Crippen LogP contribution in [0.15, 0.2) is 0 Å². The lowest BCUT2D eigenvalue weighted by Crippen LogP contribution is -2.36. The van der Waals surface area contributed by atoms with Gasteiger partial charge in [0.2, 0.25) is 10.0 Å². The minimum absolute atomic E-state index is 0.0175. The second kappa shape index (κ2) is 6.76. The van der Waals surface area contributed by atoms with Crippen LogP contribution in [0.1, 0.15) is 12.8 Å². The molecule has 0 aliphatic carbocycles. The maximum Gasteiger partial charge on any atom is 0.214 e. The van der Waals surface area contributed by atoms with Gasteiger partial charge in [0.05, 0.1) is 23.8 Å². The van der Waals surface area contributed by atoms with E-state index in [4.69, 9.17) is 21.1 Å². The Bertz CT molecular complexity index is 290. The first kappa shape index (κ1) is 14.2. The molecule has 1 heterocycles. The summed E-state index contributed by atoms with van der Waals surface area (Å²) in [6.45, 7) is 1.16. The largest absolute Gasteiger partial charge is 0.383 e. The highest BCUT2D eigenvalue weighted by Crippen LogP contribution is 2.13. The van der Waals surface area contributed by atoms with Crippen LogP contribution in [0, 0.1) is 0 Å². The van der Waals surface area contributed by atoms with E-state index in [2.05, 4.69) is 4.72 Å². The van der Waals surface area contributed by atoms with Crippen LogP contribution < -0.4 is 4.72 Å². The minimum Gasteiger partial charge on any atom is -0.383 e. The quantitative estimate of drug-likeness (QED) is 0.678. The summed E-state index contributed by atoms with van der Waals surface area (Å²) in [5.41, 5.74) is 0. The molecule has 0 radical (unpaired) electrons. The number of alkyl halides is 1. The maximum atomic E-state index is 11.6. The topological polar surface area (TPSA) is 64.6 Å². The van der Waals surface area contributed by atoms with Gasteiger partial charge in [-0.1, -0.05) is 0 Å². The Morgan fingerprint density at radius 3 is 2.94 bits per heavy atom. The number of halogens is 1. The Morgan fingerprint density at radius 1 is 1.62 bits per heavy atom. The minimum atomic E-state index is -3.29. The van der Waals surface area contributed by atoms with Crippen molar-refractivity contribution in [3.63, 3.8) is 0 Å². The van der Waals surface area contributed by atoms with Crippen molar-refractivity contribution in [2.75, 3.05) is 32.6 Å². The van der Waals surface area contributed by atoms with E-state index in [0.717, 1.165) is 12.8 Å². The Kier molecular flexibility index (Phi) is 5.99. The molecule has 0 saturated carbocycles. The number of rotatable bonds is 7. The van der Waals surface area contributed by atoms with Gasteiger partial charge in [0.15, 0.2) is 0 Å². The first-order valence-corrected chi connectivity index (χ1v) is 7.34. The molecule has 0 aromatic carbocycles. The van der Waals surface area contributed by atoms with Crippen LogP contribution in [0.3, 0.4) is 0 Å². The van der Waals surface area contributed by atoms with Crippen LogP contribution in [0.2, 0.25) is 0 Å². The molecule has 0 aromatic heterocycles. The summed E-state index contributed by atoms with van der Waals surface area (Å²) in [6.07, 6.45) is 1.57. The van der Waals surface area contributed by atoms with Crippen molar-refractivity contribution in [2.45, 2.75) is 24.3 Å². The summed E-state index contributed by atoms with van der Waals surface area (Å²) >= 11 is 5.82. The lowest BCUT2D eigenvalue weighted by atomic mass is 10.3. The van der Waals surface area contributed by atoms with Crippen molar-refractivity contribution in [1.29, 1.82) is 0 Å². The monoisotopic (exact) mass is 271 g/mol. The zero-order chi connectivity index (χ0) is 12.0. The fourth-order valence-corrected chi connectivity index (χ4v) is 3.16. The highest BCUT2D eigenvalue weighted by Gasteiger charge is 2.23. The number of ether oxygens (including phenoxy) is 2. The average molecular weight is 272 g/mol. The zero-order valence-corrected chi connectivity index (χ0v) is 10.9. The summed E-state index contributed by atoms with van der Waals surface area (Å²) < 4.78 is 35.7. The van der Waals surface area contributed by atoms with Gasteiger partial charge < -0.3 is 9.47 Å². The number of hydrogen-bond acceptors (Lipinski definition) is 4. The summed E-state index contributed by atoms with van der Waals surface area (Å²) in [4.78, 5) is 0. The second-order valence-corrected chi connectivity index (χ2v) is 6.29. The molecule has 1 rings (SSSR count). The Balaban J connectivity index is 2.27. The van der Waals surface area contributed by atoms with Gasteiger partial charge in [0.25, 0.3) is 0 Å². The van der Waals surface area contributed by atoms with Gasteiger partial charge in [-0.2, -0.15) is 0 Å². The average Bonchev–Trinajstić information content (AvgIpc) is 2.67. The van der Waals surface area contributed by atoms with Crippen molar-refractivity contribution >= 4 is 21.6 Å². The van der Waals surface area contributed by atoms with Gasteiger partial charge in [-0.05, 0) is 12.8 Å². The van der Waals surface area contributed by atoms with Crippen LogP contribution >= 0.6 is 11.6 Å². The van der Waals surface area contributed by atoms with Gasteiger partial charge in [-0.3, -0.25) is 0 Å². The van der Waals surface area contributed by atoms with Crippen LogP contribution in [0.25, 0.3) is 0 Å². The van der Waals surface area contributed by atoms with E-state index in [1.807, 2.05) is 0 Å². The Morgan fingerprint density at radius 2 is 2.38 bits per heavy atom. The third kappa shape index (κ3) is 5.45. The number of sulfonamides is 1. The van der Waals surface area contributed by atoms with E-state index < -0.39 is 10.0 Å². The lowest BCUT2D eigenvalue weighted by molar-refractivity contribution is 0.127. The molecule has 2 unspecified atom stereocenters. The Labute approximate surface area is 101 Å². The molecule has 1 aliphatic heterocycles. The molecule has 0 spiro atoms. The van der Waals surface area contributed by atoms with Crippen LogP contribution in [0.4, 0.5) is 0 Å². The number of hydrogen-bond donors (Lipinski definition) is 1. The predicted octanol–water partition coefficient (Wildman–Crippen LogP) is 0.339. The summed E-state index contributed by atoms with van der Waals surface area (Å²) in [6, 6.07) is 0. The molecule has 96 valence electrons. The number of methoxy groups -OCH3 is 1. The third-order valence-corrected chi connectivity index (χ3v) is 4.00. The smallest absolute Gasteiger partial charge is 0.214 e. The highest BCUT2D eigenvalue weighted by molar-refractivity contribution is 7.89. The molecule has 5 nitrogen and oxygen atoms in total. The SMILES string of the molecule is COCC(Cl)CNS(=O)(=O)CC1CCCO1. The van der Waals surface area contributed by atoms with Gasteiger partial charge in [-0.15, -0.1) is 11.6 Å². The van der Waals surface area contributed by atoms with E-state index in [1.165, 1.54) is 7.11 Å². The fourth-order valence-electron chi connectivity index (χ4n) is 1.54. The molecule has 0 bridgehead atoms. The summed E-state index contributed by atoms with van der Waals surface area (Å²) in [5, 5.41) is -0.343. The lowest BCUT2D eigenvalue weighted by Gasteiger charge is -2.13. The summed E-state index contributed by atoms with van der Waals surface area (Å²) in [5.74, 6) is 0.0175. The van der Waals surface area contributed by atoms with Gasteiger partial charge >= 0.3 is 0 Å². The molecule has 0 aromatic rings. The van der Waals surface area contributed by atoms with E-state index >= 15 is 0 Å². The summed E-state index contributed by atoms with van der Waals surface area (Å²) in [7, 11) is -1.77. The zero-order valence-electron chi connectivity index (χ0n) is 9.32. The highest BCUT2D eigenvalue weighted by atomic mass is 35.5. The van der Waals surface area contributed by atoms with Crippen molar-refractivity contribution in [3.8, 4) is 0 Å². The van der Waals surface area contributed by atoms with E-state index in [-0.39, 0.29) is 23.8 Å². The van der Waals surface area contributed by atoms with Crippen molar-refractivity contribution in [2.24, 2.45) is 0 Å². The van der Waals surface area contributed by atoms with Gasteiger partial charge in [0, 0.05) is 20.3 Å². The predicted molar refractivity (Wildman–Crippen MR) is 62.3 cm³/mol.